The van der Waals surface area contributed by atoms with Crippen LogP contribution in [0.5, 0.6) is 0 Å². The van der Waals surface area contributed by atoms with Crippen LogP contribution >= 0.6 is 0 Å². The van der Waals surface area contributed by atoms with Crippen molar-refractivity contribution in [2.75, 3.05) is 0 Å². The first-order chi connectivity index (χ1) is 9.92. The van der Waals surface area contributed by atoms with Crippen LogP contribution in [0, 0.1) is 0 Å². The minimum absolute atomic E-state index is 0.0739. The normalized spacial score (nSPS) is 14.6. The molecule has 23 heavy (non-hydrogen) atoms. The molecule has 7 heteroatoms. The SMILES string of the molecule is CC(C)(C)N=N[N]([GaH][N](N=NC(C)(C)C)C(C)(C)C)C(C)(C)C. The van der Waals surface area contributed by atoms with E-state index in [-0.39, 0.29) is 22.2 Å². The van der Waals surface area contributed by atoms with Gasteiger partial charge >= 0.3 is 151 Å². The van der Waals surface area contributed by atoms with E-state index in [1.165, 1.54) is 0 Å². The van der Waals surface area contributed by atoms with Crippen LogP contribution in [0.3, 0.4) is 0 Å². The maximum atomic E-state index is 4.56. The van der Waals surface area contributed by atoms with Gasteiger partial charge in [-0.05, 0) is 0 Å². The fourth-order valence-corrected chi connectivity index (χ4v) is 4.07. The second-order valence-corrected chi connectivity index (χ2v) is 13.1. The predicted octanol–water partition coefficient (Wildman–Crippen LogP) is 4.79. The van der Waals surface area contributed by atoms with Crippen molar-refractivity contribution < 1.29 is 0 Å². The van der Waals surface area contributed by atoms with Crippen LogP contribution < -0.4 is 0 Å². The van der Waals surface area contributed by atoms with Gasteiger partial charge in [0, 0.05) is 0 Å². The molecule has 0 aliphatic rings. The Balaban J connectivity index is 5.46. The Morgan fingerprint density at radius 3 is 0.957 bits per heavy atom. The van der Waals surface area contributed by atoms with Gasteiger partial charge in [0.2, 0.25) is 0 Å². The molecule has 0 amide bonds. The molecule has 134 valence electrons. The first-order valence-electron chi connectivity index (χ1n) is 8.33. The zero-order valence-electron chi connectivity index (χ0n) is 17.4. The summed E-state index contributed by atoms with van der Waals surface area (Å²) < 4.78 is 4.30. The summed E-state index contributed by atoms with van der Waals surface area (Å²) in [6, 6.07) is 0. The third-order valence-electron chi connectivity index (χ3n) is 2.72. The van der Waals surface area contributed by atoms with Crippen LogP contribution in [-0.4, -0.2) is 47.5 Å². The molecule has 0 radical (unpaired) electrons. The average molecular weight is 383 g/mol. The summed E-state index contributed by atoms with van der Waals surface area (Å²) in [4.78, 5) is 0. The van der Waals surface area contributed by atoms with Gasteiger partial charge in [0.25, 0.3) is 0 Å². The monoisotopic (exact) mass is 382 g/mol. The summed E-state index contributed by atoms with van der Waals surface area (Å²) in [6.45, 7) is 25.4. The molecule has 0 atom stereocenters. The van der Waals surface area contributed by atoms with E-state index >= 15 is 0 Å². The van der Waals surface area contributed by atoms with Crippen molar-refractivity contribution >= 4 is 17.9 Å². The van der Waals surface area contributed by atoms with E-state index in [2.05, 4.69) is 111 Å². The molecule has 0 fully saturated rings. The molecule has 0 unspecified atom stereocenters. The van der Waals surface area contributed by atoms with Gasteiger partial charge < -0.3 is 0 Å². The van der Waals surface area contributed by atoms with Crippen molar-refractivity contribution in [1.29, 1.82) is 0 Å². The summed E-state index contributed by atoms with van der Waals surface area (Å²) >= 11 is -1.48. The molecule has 0 aromatic carbocycles. The van der Waals surface area contributed by atoms with Gasteiger partial charge in [0.05, 0.1) is 0 Å². The summed E-state index contributed by atoms with van der Waals surface area (Å²) in [5.74, 6) is 0. The Morgan fingerprint density at radius 1 is 0.522 bits per heavy atom. The fourth-order valence-electron chi connectivity index (χ4n) is 1.25. The van der Waals surface area contributed by atoms with E-state index in [1.807, 2.05) is 0 Å². The van der Waals surface area contributed by atoms with Crippen LogP contribution in [0.25, 0.3) is 0 Å². The number of hydrogen-bond donors (Lipinski definition) is 0. The molecule has 0 rings (SSSR count). The standard InChI is InChI=1S/2C8H18N3.Ga.H/c2*1-7(2,3)9-11-10-8(4,5)6;;/h2*1-6H3;;/q2*-1;+2;. The van der Waals surface area contributed by atoms with Gasteiger partial charge in [-0.15, -0.1) is 0 Å². The molecule has 0 aliphatic heterocycles. The van der Waals surface area contributed by atoms with E-state index in [1.54, 1.807) is 0 Å². The van der Waals surface area contributed by atoms with E-state index in [9.17, 15) is 0 Å². The molecule has 0 saturated carbocycles. The van der Waals surface area contributed by atoms with Crippen LogP contribution in [0.1, 0.15) is 83.1 Å². The molecule has 0 spiro atoms. The molecule has 0 N–H and O–H groups in total. The van der Waals surface area contributed by atoms with E-state index in [0.717, 1.165) is 0 Å². The summed E-state index contributed by atoms with van der Waals surface area (Å²) in [6.07, 6.45) is 0. The van der Waals surface area contributed by atoms with Crippen molar-refractivity contribution in [3.8, 4) is 0 Å². The Kier molecular flexibility index (Phi) is 7.36. The Bertz CT molecular complexity index is 378. The molecule has 0 heterocycles. The van der Waals surface area contributed by atoms with E-state index < -0.39 is 17.9 Å². The van der Waals surface area contributed by atoms with E-state index in [4.69, 9.17) is 0 Å². The van der Waals surface area contributed by atoms with Gasteiger partial charge in [-0.1, -0.05) is 0 Å². The molecule has 6 nitrogen and oxygen atoms in total. The quantitative estimate of drug-likeness (QED) is 0.398. The summed E-state index contributed by atoms with van der Waals surface area (Å²) in [5.41, 5.74) is -0.499. The van der Waals surface area contributed by atoms with Crippen molar-refractivity contribution in [3.63, 3.8) is 0 Å². The zero-order chi connectivity index (χ0) is 18.7. The number of nitrogens with zero attached hydrogens (tertiary/aromatic N) is 6. The maximum absolute atomic E-state index is 4.56. The fraction of sp³-hybridized carbons (Fsp3) is 1.00. The van der Waals surface area contributed by atoms with Crippen molar-refractivity contribution in [2.45, 2.75) is 105 Å². The molecule has 0 saturated heterocycles. The second kappa shape index (κ2) is 7.55. The van der Waals surface area contributed by atoms with Crippen LogP contribution in [0.2, 0.25) is 0 Å². The zero-order valence-corrected chi connectivity index (χ0v) is 20.4. The molecular formula is C16H37GaN6. The Morgan fingerprint density at radius 2 is 0.783 bits per heavy atom. The number of hydrogen-bond acceptors (Lipinski definition) is 4. The van der Waals surface area contributed by atoms with Gasteiger partial charge in [-0.3, -0.25) is 0 Å². The van der Waals surface area contributed by atoms with Crippen LogP contribution in [-0.2, 0) is 0 Å². The van der Waals surface area contributed by atoms with Gasteiger partial charge in [-0.25, -0.2) is 0 Å². The molecule has 0 aromatic rings. The van der Waals surface area contributed by atoms with E-state index in [0.29, 0.717) is 0 Å². The topological polar surface area (TPSA) is 55.9 Å². The van der Waals surface area contributed by atoms with Crippen molar-refractivity contribution in [2.24, 2.45) is 20.7 Å². The predicted molar refractivity (Wildman–Crippen MR) is 99.6 cm³/mol. The molecule has 0 aromatic heterocycles. The van der Waals surface area contributed by atoms with Crippen LogP contribution in [0.15, 0.2) is 20.7 Å². The number of rotatable bonds is 4. The summed E-state index contributed by atoms with van der Waals surface area (Å²) in [7, 11) is 0. The van der Waals surface area contributed by atoms with Gasteiger partial charge in [0.15, 0.2) is 0 Å². The minimum atomic E-state index is -1.48. The first-order valence-corrected chi connectivity index (χ1v) is 11.0. The van der Waals surface area contributed by atoms with Crippen LogP contribution in [0.4, 0.5) is 0 Å². The Hall–Kier alpha value is -0.564. The Labute approximate surface area is 151 Å². The van der Waals surface area contributed by atoms with Gasteiger partial charge in [0.1, 0.15) is 0 Å². The average Bonchev–Trinajstić information content (AvgIpc) is 2.21. The third-order valence-corrected chi connectivity index (χ3v) is 8.36. The van der Waals surface area contributed by atoms with Crippen molar-refractivity contribution in [1.82, 2.24) is 7.43 Å². The first kappa shape index (κ1) is 22.4. The molecule has 0 aliphatic carbocycles. The third kappa shape index (κ3) is 10.8. The molecular weight excluding hydrogens is 346 g/mol. The van der Waals surface area contributed by atoms with Gasteiger partial charge in [-0.2, -0.15) is 0 Å². The molecule has 0 bridgehead atoms. The van der Waals surface area contributed by atoms with Crippen molar-refractivity contribution in [3.05, 3.63) is 0 Å². The summed E-state index contributed by atoms with van der Waals surface area (Å²) in [5, 5.41) is 18.1. The second-order valence-electron chi connectivity index (χ2n) is 10.0.